The van der Waals surface area contributed by atoms with Crippen LogP contribution in [0.3, 0.4) is 0 Å². The van der Waals surface area contributed by atoms with E-state index < -0.39 is 11.5 Å². The molecule has 0 aliphatic heterocycles. The fourth-order valence-corrected chi connectivity index (χ4v) is 2.13. The van der Waals surface area contributed by atoms with Gasteiger partial charge in [0, 0.05) is 18.1 Å². The molecule has 2 rings (SSSR count). The Morgan fingerprint density at radius 2 is 1.86 bits per heavy atom. The summed E-state index contributed by atoms with van der Waals surface area (Å²) in [5, 5.41) is 3.05. The van der Waals surface area contributed by atoms with Crippen molar-refractivity contribution in [1.29, 1.82) is 0 Å². The summed E-state index contributed by atoms with van der Waals surface area (Å²) in [6.45, 7) is 3.41. The van der Waals surface area contributed by atoms with Gasteiger partial charge in [-0.1, -0.05) is 0 Å². The normalized spacial score (nSPS) is 13.3. The molecule has 0 aliphatic carbocycles. The molecule has 1 aromatic heterocycles. The lowest BCUT2D eigenvalue weighted by molar-refractivity contribution is -0.145. The predicted molar refractivity (Wildman–Crippen MR) is 76.2 cm³/mol. The Balaban J connectivity index is 2.45. The highest BCUT2D eigenvalue weighted by molar-refractivity contribution is 5.85. The summed E-state index contributed by atoms with van der Waals surface area (Å²) >= 11 is 0. The van der Waals surface area contributed by atoms with E-state index in [9.17, 15) is 9.18 Å². The van der Waals surface area contributed by atoms with Gasteiger partial charge in [0.1, 0.15) is 5.82 Å². The topological polar surface area (TPSA) is 64.1 Å². The third-order valence-corrected chi connectivity index (χ3v) is 3.19. The average molecular weight is 289 g/mol. The molecule has 0 saturated carbocycles. The maximum Gasteiger partial charge on any atom is 0.337 e. The first-order chi connectivity index (χ1) is 9.97. The van der Waals surface area contributed by atoms with Crippen LogP contribution in [0, 0.1) is 12.7 Å². The van der Waals surface area contributed by atoms with Gasteiger partial charge in [0.05, 0.1) is 18.5 Å². The molecular weight excluding hydrogens is 273 g/mol. The fraction of sp³-hybridized carbons (Fsp3) is 0.267. The predicted octanol–water partition coefficient (Wildman–Crippen LogP) is 2.42. The average Bonchev–Trinajstić information content (AvgIpc) is 2.49. The van der Waals surface area contributed by atoms with Crippen LogP contribution in [0.25, 0.3) is 0 Å². The number of methoxy groups -OCH3 is 1. The number of rotatable bonds is 4. The molecule has 110 valence electrons. The van der Waals surface area contributed by atoms with E-state index in [0.717, 1.165) is 0 Å². The summed E-state index contributed by atoms with van der Waals surface area (Å²) in [4.78, 5) is 20.6. The van der Waals surface area contributed by atoms with Gasteiger partial charge in [0.15, 0.2) is 5.54 Å². The molecule has 0 spiro atoms. The van der Waals surface area contributed by atoms with Crippen molar-refractivity contribution in [2.75, 3.05) is 12.4 Å². The Morgan fingerprint density at radius 1 is 1.24 bits per heavy atom. The molecule has 0 fully saturated rings. The minimum Gasteiger partial charge on any atom is -0.467 e. The van der Waals surface area contributed by atoms with E-state index >= 15 is 0 Å². The maximum absolute atomic E-state index is 13.0. The summed E-state index contributed by atoms with van der Waals surface area (Å²) in [6, 6.07) is 5.71. The monoisotopic (exact) mass is 289 g/mol. The van der Waals surface area contributed by atoms with Crippen molar-refractivity contribution in [3.05, 3.63) is 53.9 Å². The van der Waals surface area contributed by atoms with E-state index in [2.05, 4.69) is 15.3 Å². The second kappa shape index (κ2) is 5.87. The smallest absolute Gasteiger partial charge is 0.337 e. The number of hydrogen-bond acceptors (Lipinski definition) is 5. The van der Waals surface area contributed by atoms with E-state index in [1.165, 1.54) is 25.4 Å². The molecule has 1 atom stereocenters. The number of anilines is 1. The SMILES string of the molecule is COC(=O)C(C)(Nc1ccc(F)cc1)c1nccnc1C. The largest absolute Gasteiger partial charge is 0.467 e. The first-order valence-electron chi connectivity index (χ1n) is 6.37. The van der Waals surface area contributed by atoms with Gasteiger partial charge in [0.2, 0.25) is 0 Å². The zero-order valence-corrected chi connectivity index (χ0v) is 12.1. The van der Waals surface area contributed by atoms with Gasteiger partial charge in [-0.05, 0) is 38.1 Å². The van der Waals surface area contributed by atoms with Crippen molar-refractivity contribution in [3.8, 4) is 0 Å². The highest BCUT2D eigenvalue weighted by Crippen LogP contribution is 2.27. The lowest BCUT2D eigenvalue weighted by Gasteiger charge is -2.29. The number of nitrogens with one attached hydrogen (secondary N) is 1. The molecule has 0 radical (unpaired) electrons. The molecule has 1 N–H and O–H groups in total. The van der Waals surface area contributed by atoms with Gasteiger partial charge in [-0.15, -0.1) is 0 Å². The van der Waals surface area contributed by atoms with Crippen LogP contribution in [0.5, 0.6) is 0 Å². The molecule has 0 saturated heterocycles. The van der Waals surface area contributed by atoms with Crippen LogP contribution >= 0.6 is 0 Å². The number of esters is 1. The van der Waals surface area contributed by atoms with Crippen LogP contribution in [0.4, 0.5) is 10.1 Å². The molecule has 21 heavy (non-hydrogen) atoms. The third kappa shape index (κ3) is 2.99. The van der Waals surface area contributed by atoms with Gasteiger partial charge in [-0.25, -0.2) is 9.18 Å². The molecule has 0 bridgehead atoms. The van der Waals surface area contributed by atoms with Gasteiger partial charge >= 0.3 is 5.97 Å². The summed E-state index contributed by atoms with van der Waals surface area (Å²) in [6.07, 6.45) is 3.06. The zero-order chi connectivity index (χ0) is 15.5. The van der Waals surface area contributed by atoms with Gasteiger partial charge < -0.3 is 10.1 Å². The van der Waals surface area contributed by atoms with Crippen LogP contribution in [-0.2, 0) is 15.1 Å². The number of aryl methyl sites for hydroxylation is 1. The van der Waals surface area contributed by atoms with Crippen molar-refractivity contribution in [2.45, 2.75) is 19.4 Å². The Bertz CT molecular complexity index is 646. The Morgan fingerprint density at radius 3 is 2.43 bits per heavy atom. The zero-order valence-electron chi connectivity index (χ0n) is 12.1. The minimum absolute atomic E-state index is 0.351. The first kappa shape index (κ1) is 14.9. The van der Waals surface area contributed by atoms with Crippen LogP contribution in [-0.4, -0.2) is 23.0 Å². The van der Waals surface area contributed by atoms with E-state index in [4.69, 9.17) is 4.74 Å². The Kier molecular flexibility index (Phi) is 4.16. The number of nitrogens with zero attached hydrogens (tertiary/aromatic N) is 2. The number of aromatic nitrogens is 2. The van der Waals surface area contributed by atoms with Crippen molar-refractivity contribution < 1.29 is 13.9 Å². The number of carbonyl (C=O) groups is 1. The maximum atomic E-state index is 13.0. The third-order valence-electron chi connectivity index (χ3n) is 3.19. The second-order valence-corrected chi connectivity index (χ2v) is 4.74. The van der Waals surface area contributed by atoms with Crippen LogP contribution in [0.1, 0.15) is 18.3 Å². The molecule has 6 heteroatoms. The molecule has 2 aromatic rings. The van der Waals surface area contributed by atoms with Crippen LogP contribution in [0.15, 0.2) is 36.7 Å². The highest BCUT2D eigenvalue weighted by Gasteiger charge is 2.39. The molecular formula is C15H16FN3O2. The van der Waals surface area contributed by atoms with E-state index in [-0.39, 0.29) is 5.82 Å². The minimum atomic E-state index is -1.22. The lowest BCUT2D eigenvalue weighted by atomic mass is 9.95. The Labute approximate surface area is 122 Å². The summed E-state index contributed by atoms with van der Waals surface area (Å²) < 4.78 is 17.9. The molecule has 5 nitrogen and oxygen atoms in total. The van der Waals surface area contributed by atoms with Crippen LogP contribution in [0.2, 0.25) is 0 Å². The van der Waals surface area contributed by atoms with E-state index in [0.29, 0.717) is 17.1 Å². The summed E-state index contributed by atoms with van der Waals surface area (Å²) in [5.41, 5.74) is 0.431. The highest BCUT2D eigenvalue weighted by atomic mass is 19.1. The van der Waals surface area contributed by atoms with Gasteiger partial charge in [-0.2, -0.15) is 0 Å². The van der Waals surface area contributed by atoms with E-state index in [1.54, 1.807) is 32.2 Å². The Hall–Kier alpha value is -2.50. The number of hydrogen-bond donors (Lipinski definition) is 1. The quantitative estimate of drug-likeness (QED) is 0.876. The summed E-state index contributed by atoms with van der Waals surface area (Å²) in [5.74, 6) is -0.855. The molecule has 0 amide bonds. The first-order valence-corrected chi connectivity index (χ1v) is 6.37. The molecule has 1 heterocycles. The van der Waals surface area contributed by atoms with Crippen molar-refractivity contribution in [3.63, 3.8) is 0 Å². The van der Waals surface area contributed by atoms with Crippen molar-refractivity contribution >= 4 is 11.7 Å². The number of benzene rings is 1. The van der Waals surface area contributed by atoms with Crippen LogP contribution < -0.4 is 5.32 Å². The summed E-state index contributed by atoms with van der Waals surface area (Å²) in [7, 11) is 1.30. The van der Waals surface area contributed by atoms with Crippen molar-refractivity contribution in [2.24, 2.45) is 0 Å². The standard InChI is InChI=1S/C15H16FN3O2/c1-10-13(18-9-8-17-10)15(2,14(20)21-3)19-12-6-4-11(16)5-7-12/h4-9,19H,1-3H3. The lowest BCUT2D eigenvalue weighted by Crippen LogP contribution is -2.43. The molecule has 1 aromatic carbocycles. The number of carbonyl (C=O) groups excluding carboxylic acids is 1. The van der Waals surface area contributed by atoms with Gasteiger partial charge in [-0.3, -0.25) is 9.97 Å². The van der Waals surface area contributed by atoms with E-state index in [1.807, 2.05) is 0 Å². The van der Waals surface area contributed by atoms with Gasteiger partial charge in [0.25, 0.3) is 0 Å². The number of halogens is 1. The number of ether oxygens (including phenoxy) is 1. The molecule has 1 unspecified atom stereocenters. The van der Waals surface area contributed by atoms with Crippen molar-refractivity contribution in [1.82, 2.24) is 9.97 Å². The second-order valence-electron chi connectivity index (χ2n) is 4.74. The fourth-order valence-electron chi connectivity index (χ4n) is 2.13. The molecule has 0 aliphatic rings.